The van der Waals surface area contributed by atoms with Gasteiger partial charge in [0.25, 0.3) is 0 Å². The van der Waals surface area contributed by atoms with Gasteiger partial charge in [0.2, 0.25) is 0 Å². The molecule has 1 saturated carbocycles. The minimum Gasteiger partial charge on any atom is -0.481 e. The fraction of sp³-hybridized carbons (Fsp3) is 0.619. The van der Waals surface area contributed by atoms with Gasteiger partial charge in [0.05, 0.1) is 12.0 Å². The number of piperidine rings is 1. The average molecular weight is 357 g/mol. The van der Waals surface area contributed by atoms with Crippen molar-refractivity contribution in [2.24, 2.45) is 17.6 Å². The number of hydrogen-bond donors (Lipinski definition) is 3. The first-order chi connectivity index (χ1) is 12.5. The number of guanidine groups is 1. The molecule has 2 fully saturated rings. The van der Waals surface area contributed by atoms with Crippen LogP contribution in [0.3, 0.4) is 0 Å². The van der Waals surface area contributed by atoms with Gasteiger partial charge in [-0.25, -0.2) is 0 Å². The van der Waals surface area contributed by atoms with Crippen molar-refractivity contribution in [3.05, 3.63) is 35.4 Å². The van der Waals surface area contributed by atoms with E-state index in [4.69, 9.17) is 11.1 Å². The lowest BCUT2D eigenvalue weighted by molar-refractivity contribution is -0.143. The quantitative estimate of drug-likeness (QED) is 0.559. The predicted octanol–water partition coefficient (Wildman–Crippen LogP) is 4.10. The molecule has 1 heterocycles. The molecule has 26 heavy (non-hydrogen) atoms. The van der Waals surface area contributed by atoms with Crippen LogP contribution in [0.5, 0.6) is 0 Å². The van der Waals surface area contributed by atoms with Gasteiger partial charge in [0.1, 0.15) is 0 Å². The first kappa shape index (κ1) is 18.7. The van der Waals surface area contributed by atoms with Crippen LogP contribution in [0.25, 0.3) is 0 Å². The molecule has 1 saturated heterocycles. The van der Waals surface area contributed by atoms with Crippen LogP contribution in [-0.2, 0) is 4.79 Å². The van der Waals surface area contributed by atoms with Gasteiger partial charge in [-0.2, -0.15) is 0 Å². The van der Waals surface area contributed by atoms with E-state index in [9.17, 15) is 9.90 Å². The van der Waals surface area contributed by atoms with Gasteiger partial charge in [-0.05, 0) is 48.6 Å². The fourth-order valence-corrected chi connectivity index (χ4v) is 4.68. The molecule has 1 aromatic rings. The minimum atomic E-state index is -0.738. The highest BCUT2D eigenvalue weighted by Crippen LogP contribution is 2.39. The number of likely N-dealkylation sites (tertiary alicyclic amines) is 1. The molecule has 5 heteroatoms. The van der Waals surface area contributed by atoms with E-state index in [0.29, 0.717) is 12.5 Å². The van der Waals surface area contributed by atoms with Gasteiger partial charge in [-0.15, -0.1) is 0 Å². The number of carboxylic acids is 1. The van der Waals surface area contributed by atoms with Crippen molar-refractivity contribution in [1.82, 2.24) is 4.90 Å². The molecule has 1 aliphatic heterocycles. The van der Waals surface area contributed by atoms with Crippen molar-refractivity contribution in [3.63, 3.8) is 0 Å². The van der Waals surface area contributed by atoms with Crippen molar-refractivity contribution in [1.29, 1.82) is 5.41 Å². The van der Waals surface area contributed by atoms with Gasteiger partial charge in [-0.1, -0.05) is 50.5 Å². The van der Waals surface area contributed by atoms with E-state index in [1.165, 1.54) is 37.7 Å². The third-order valence-corrected chi connectivity index (χ3v) is 6.45. The van der Waals surface area contributed by atoms with Crippen LogP contribution in [0.15, 0.2) is 24.3 Å². The molecule has 3 atom stereocenters. The van der Waals surface area contributed by atoms with E-state index < -0.39 is 5.97 Å². The molecular weight excluding hydrogens is 326 g/mol. The summed E-state index contributed by atoms with van der Waals surface area (Å²) in [4.78, 5) is 13.3. The topological polar surface area (TPSA) is 90.4 Å². The number of nitrogens with zero attached hydrogens (tertiary/aromatic N) is 1. The number of carbonyl (C=O) groups is 1. The van der Waals surface area contributed by atoms with Crippen molar-refractivity contribution < 1.29 is 9.90 Å². The fourth-order valence-electron chi connectivity index (χ4n) is 4.68. The molecule has 0 bridgehead atoms. The predicted molar refractivity (Wildman–Crippen MR) is 103 cm³/mol. The summed E-state index contributed by atoms with van der Waals surface area (Å²) >= 11 is 0. The Morgan fingerprint density at radius 1 is 1.15 bits per heavy atom. The maximum atomic E-state index is 11.4. The van der Waals surface area contributed by atoms with Gasteiger partial charge in [0, 0.05) is 6.54 Å². The number of rotatable bonds is 4. The van der Waals surface area contributed by atoms with Gasteiger partial charge in [0.15, 0.2) is 5.96 Å². The summed E-state index contributed by atoms with van der Waals surface area (Å²) in [7, 11) is 0. The maximum Gasteiger partial charge on any atom is 0.306 e. The smallest absolute Gasteiger partial charge is 0.306 e. The van der Waals surface area contributed by atoms with E-state index in [1.54, 1.807) is 6.92 Å². The third kappa shape index (κ3) is 4.02. The molecule has 0 amide bonds. The molecule has 142 valence electrons. The van der Waals surface area contributed by atoms with Crippen LogP contribution in [0.2, 0.25) is 0 Å². The summed E-state index contributed by atoms with van der Waals surface area (Å²) in [6.07, 6.45) is 8.05. The Balaban J connectivity index is 1.78. The number of hydrogen-bond acceptors (Lipinski definition) is 2. The van der Waals surface area contributed by atoms with Crippen LogP contribution in [-0.4, -0.2) is 28.5 Å². The second-order valence-electron chi connectivity index (χ2n) is 8.01. The zero-order chi connectivity index (χ0) is 18.7. The number of nitrogens with one attached hydrogen (secondary N) is 1. The van der Waals surface area contributed by atoms with Gasteiger partial charge in [-0.3, -0.25) is 10.2 Å². The van der Waals surface area contributed by atoms with Crippen LogP contribution in [0.1, 0.15) is 75.0 Å². The summed E-state index contributed by atoms with van der Waals surface area (Å²) in [5, 5.41) is 17.3. The normalized spacial score (nSPS) is 25.7. The Morgan fingerprint density at radius 2 is 1.77 bits per heavy atom. The highest BCUT2D eigenvalue weighted by Gasteiger charge is 2.35. The molecule has 0 aromatic heterocycles. The molecule has 2 aliphatic rings. The zero-order valence-corrected chi connectivity index (χ0v) is 15.7. The summed E-state index contributed by atoms with van der Waals surface area (Å²) in [6.45, 7) is 2.44. The SMILES string of the molecule is CC(C(=O)O)C1CCN(C(=N)N)C(c2ccc(C3CCCCC3)cc2)C1. The summed E-state index contributed by atoms with van der Waals surface area (Å²) in [6, 6.07) is 8.78. The third-order valence-electron chi connectivity index (χ3n) is 6.45. The van der Waals surface area contributed by atoms with Gasteiger partial charge >= 0.3 is 5.97 Å². The lowest BCUT2D eigenvalue weighted by Gasteiger charge is -2.41. The Labute approximate surface area is 156 Å². The lowest BCUT2D eigenvalue weighted by Crippen LogP contribution is -2.45. The van der Waals surface area contributed by atoms with Crippen molar-refractivity contribution in [3.8, 4) is 0 Å². The largest absolute Gasteiger partial charge is 0.481 e. The van der Waals surface area contributed by atoms with E-state index >= 15 is 0 Å². The van der Waals surface area contributed by atoms with E-state index in [1.807, 2.05) is 4.90 Å². The first-order valence-electron chi connectivity index (χ1n) is 9.90. The van der Waals surface area contributed by atoms with Crippen molar-refractivity contribution in [2.75, 3.05) is 6.54 Å². The standard InChI is InChI=1S/C21H31N3O2/c1-14(20(25)26)18-11-12-24(21(22)23)19(13-18)17-9-7-16(8-10-17)15-5-3-2-4-6-15/h7-10,14-15,18-19H,2-6,11-13H2,1H3,(H3,22,23)(H,25,26). The zero-order valence-electron chi connectivity index (χ0n) is 15.7. The molecule has 0 radical (unpaired) electrons. The summed E-state index contributed by atoms with van der Waals surface area (Å²) < 4.78 is 0. The van der Waals surface area contributed by atoms with Crippen LogP contribution < -0.4 is 5.73 Å². The first-order valence-corrected chi connectivity index (χ1v) is 9.90. The molecule has 1 aliphatic carbocycles. The molecule has 0 spiro atoms. The average Bonchev–Trinajstić information content (AvgIpc) is 2.67. The highest BCUT2D eigenvalue weighted by atomic mass is 16.4. The molecule has 4 N–H and O–H groups in total. The lowest BCUT2D eigenvalue weighted by atomic mass is 9.79. The van der Waals surface area contributed by atoms with E-state index in [0.717, 1.165) is 18.4 Å². The second kappa shape index (κ2) is 8.11. The molecule has 3 rings (SSSR count). The second-order valence-corrected chi connectivity index (χ2v) is 8.01. The monoisotopic (exact) mass is 357 g/mol. The van der Waals surface area contributed by atoms with E-state index in [2.05, 4.69) is 24.3 Å². The summed E-state index contributed by atoms with van der Waals surface area (Å²) in [5.74, 6) is -0.238. The number of benzene rings is 1. The van der Waals surface area contributed by atoms with Crippen LogP contribution in [0, 0.1) is 17.2 Å². The molecular formula is C21H31N3O2. The maximum absolute atomic E-state index is 11.4. The minimum absolute atomic E-state index is 0.00606. The number of nitrogens with two attached hydrogens (primary N) is 1. The van der Waals surface area contributed by atoms with Crippen LogP contribution in [0.4, 0.5) is 0 Å². The Kier molecular flexibility index (Phi) is 5.84. The molecule has 5 nitrogen and oxygen atoms in total. The summed E-state index contributed by atoms with van der Waals surface area (Å²) in [5.41, 5.74) is 8.37. The number of carboxylic acid groups (broad SMARTS) is 1. The molecule has 1 aromatic carbocycles. The Hall–Kier alpha value is -2.04. The Morgan fingerprint density at radius 3 is 2.35 bits per heavy atom. The van der Waals surface area contributed by atoms with Crippen molar-refractivity contribution in [2.45, 2.75) is 63.8 Å². The molecule has 3 unspecified atom stereocenters. The highest BCUT2D eigenvalue weighted by molar-refractivity contribution is 5.75. The van der Waals surface area contributed by atoms with Gasteiger partial charge < -0.3 is 15.7 Å². The van der Waals surface area contributed by atoms with E-state index in [-0.39, 0.29) is 23.8 Å². The van der Waals surface area contributed by atoms with Crippen LogP contribution >= 0.6 is 0 Å². The number of aliphatic carboxylic acids is 1. The Bertz CT molecular complexity index is 637. The van der Waals surface area contributed by atoms with Crippen molar-refractivity contribution >= 4 is 11.9 Å².